The molecule has 0 aliphatic carbocycles. The van der Waals surface area contributed by atoms with E-state index in [1.54, 1.807) is 19.1 Å². The minimum absolute atomic E-state index is 0.127. The maximum Gasteiger partial charge on any atom is 0.374 e. The van der Waals surface area contributed by atoms with E-state index in [0.29, 0.717) is 48.5 Å². The lowest BCUT2D eigenvalue weighted by Gasteiger charge is -2.36. The summed E-state index contributed by atoms with van der Waals surface area (Å²) in [5, 5.41) is 12.2. The van der Waals surface area contributed by atoms with Crippen LogP contribution in [0.5, 0.6) is 5.75 Å². The number of aryl methyl sites for hydroxylation is 1. The number of carboxylic acid groups (broad SMARTS) is 1. The number of aromatic nitrogens is 3. The first-order valence-electron chi connectivity index (χ1n) is 10.2. The summed E-state index contributed by atoms with van der Waals surface area (Å²) in [7, 11) is 0. The first-order chi connectivity index (χ1) is 15.5. The molecule has 2 amide bonds. The quantitative estimate of drug-likeness (QED) is 0.695. The van der Waals surface area contributed by atoms with Crippen molar-refractivity contribution in [3.05, 3.63) is 29.8 Å². The molecule has 5 heterocycles. The number of carbonyl (C=O) groups is 2. The van der Waals surface area contributed by atoms with Gasteiger partial charge in [0.15, 0.2) is 5.82 Å². The van der Waals surface area contributed by atoms with Crippen molar-refractivity contribution < 1.29 is 28.9 Å². The molecule has 2 bridgehead atoms. The van der Waals surface area contributed by atoms with Crippen molar-refractivity contribution in [1.82, 2.24) is 15.0 Å². The summed E-state index contributed by atoms with van der Waals surface area (Å²) in [5.41, 5.74) is 1.21. The Bertz CT molecular complexity index is 1060. The molecule has 3 aliphatic heterocycles. The zero-order chi connectivity index (χ0) is 22.2. The Morgan fingerprint density at radius 3 is 3.03 bits per heavy atom. The van der Waals surface area contributed by atoms with Crippen molar-refractivity contribution in [3.8, 4) is 5.75 Å². The summed E-state index contributed by atoms with van der Waals surface area (Å²) >= 11 is 0. The Morgan fingerprint density at radius 1 is 1.38 bits per heavy atom. The predicted molar refractivity (Wildman–Crippen MR) is 111 cm³/mol. The van der Waals surface area contributed by atoms with E-state index in [1.807, 2.05) is 0 Å². The van der Waals surface area contributed by atoms with Crippen LogP contribution < -0.4 is 19.9 Å². The number of nitrogens with zero attached hydrogens (tertiary/aromatic N) is 5. The van der Waals surface area contributed by atoms with Gasteiger partial charge in [-0.2, -0.15) is 0 Å². The van der Waals surface area contributed by atoms with Crippen LogP contribution in [0.25, 0.3) is 0 Å². The minimum atomic E-state index is -1.24. The van der Waals surface area contributed by atoms with Crippen molar-refractivity contribution >= 4 is 29.3 Å². The van der Waals surface area contributed by atoms with Crippen LogP contribution in [0, 0.1) is 6.92 Å². The monoisotopic (exact) mass is 442 g/mol. The second-order valence-corrected chi connectivity index (χ2v) is 7.76. The Labute approximate surface area is 183 Å². The van der Waals surface area contributed by atoms with Crippen LogP contribution in [-0.4, -0.2) is 77.3 Å². The molecule has 3 aliphatic rings. The molecule has 12 nitrogen and oxygen atoms in total. The highest BCUT2D eigenvalue weighted by molar-refractivity contribution is 6.04. The summed E-state index contributed by atoms with van der Waals surface area (Å²) in [4.78, 5) is 40.8. The number of carbonyl (C=O) groups excluding carboxylic acids is 1. The lowest BCUT2D eigenvalue weighted by atomic mass is 10.1. The van der Waals surface area contributed by atoms with E-state index in [9.17, 15) is 14.7 Å². The number of ether oxygens (including phenoxy) is 3. The molecule has 0 spiro atoms. The Morgan fingerprint density at radius 2 is 2.25 bits per heavy atom. The van der Waals surface area contributed by atoms with Crippen LogP contribution in [0.15, 0.2) is 18.3 Å². The topological polar surface area (TPSA) is 139 Å². The molecule has 0 aromatic carbocycles. The smallest absolute Gasteiger partial charge is 0.374 e. The molecule has 12 heteroatoms. The van der Waals surface area contributed by atoms with Gasteiger partial charge < -0.3 is 24.2 Å². The van der Waals surface area contributed by atoms with Crippen LogP contribution in [0.4, 0.5) is 22.1 Å². The lowest BCUT2D eigenvalue weighted by molar-refractivity contribution is 0.0320. The van der Waals surface area contributed by atoms with E-state index < -0.39 is 12.0 Å². The fourth-order valence-electron chi connectivity index (χ4n) is 4.17. The number of hydrogen-bond acceptors (Lipinski definition) is 9. The minimum Gasteiger partial charge on any atom is -0.491 e. The number of fused-ring (bicyclic) bond motifs is 4. The standard InChI is InChI=1S/C20H22N6O6/c1-11-16-18(24-17(22-11)19(27)28)26(12-3-5-25(16)7-12)20(29)23-15-6-13(2-4-21-15)31-9-14-8-30-10-32-14/h2,4,6,12,14H,3,5,7-10H2,1H3,(H,27,28)(H,21,23,29)/t12-,14+/m0/s1. The molecule has 0 radical (unpaired) electrons. The van der Waals surface area contributed by atoms with Gasteiger partial charge in [0.25, 0.3) is 0 Å². The fourth-order valence-corrected chi connectivity index (χ4v) is 4.17. The fraction of sp³-hybridized carbons (Fsp3) is 0.450. The second-order valence-electron chi connectivity index (χ2n) is 7.76. The van der Waals surface area contributed by atoms with Gasteiger partial charge in [-0.25, -0.2) is 24.5 Å². The maximum atomic E-state index is 13.3. The van der Waals surface area contributed by atoms with Gasteiger partial charge in [-0.05, 0) is 19.4 Å². The van der Waals surface area contributed by atoms with Crippen LogP contribution in [0.3, 0.4) is 0 Å². The van der Waals surface area contributed by atoms with Crippen LogP contribution in [0.1, 0.15) is 22.7 Å². The molecule has 2 fully saturated rings. The average molecular weight is 442 g/mol. The molecule has 2 aromatic heterocycles. The van der Waals surface area contributed by atoms with E-state index in [0.717, 1.165) is 13.0 Å². The highest BCUT2D eigenvalue weighted by Crippen LogP contribution is 2.40. The van der Waals surface area contributed by atoms with Gasteiger partial charge in [0, 0.05) is 25.4 Å². The maximum absolute atomic E-state index is 13.3. The van der Waals surface area contributed by atoms with Crippen LogP contribution >= 0.6 is 0 Å². The van der Waals surface area contributed by atoms with Crippen molar-refractivity contribution in [2.45, 2.75) is 25.5 Å². The van der Waals surface area contributed by atoms with Crippen molar-refractivity contribution in [3.63, 3.8) is 0 Å². The summed E-state index contributed by atoms with van der Waals surface area (Å²) in [6.45, 7) is 4.16. The van der Waals surface area contributed by atoms with Gasteiger partial charge in [-0.3, -0.25) is 10.2 Å². The summed E-state index contributed by atoms with van der Waals surface area (Å²) < 4.78 is 16.2. The van der Waals surface area contributed by atoms with E-state index in [2.05, 4.69) is 25.2 Å². The molecule has 5 rings (SSSR count). The van der Waals surface area contributed by atoms with E-state index >= 15 is 0 Å². The molecule has 2 aromatic rings. The summed E-state index contributed by atoms with van der Waals surface area (Å²) in [6, 6.07) is 2.74. The van der Waals surface area contributed by atoms with Gasteiger partial charge in [0.05, 0.1) is 18.3 Å². The summed E-state index contributed by atoms with van der Waals surface area (Å²) in [6.07, 6.45) is 2.14. The Hall–Kier alpha value is -3.51. The van der Waals surface area contributed by atoms with Crippen LogP contribution in [-0.2, 0) is 9.47 Å². The number of nitrogens with one attached hydrogen (secondary N) is 1. The Kier molecular flexibility index (Phi) is 5.23. The van der Waals surface area contributed by atoms with Crippen molar-refractivity contribution in [2.75, 3.05) is 48.2 Å². The highest BCUT2D eigenvalue weighted by Gasteiger charge is 2.42. The number of rotatable bonds is 5. The highest BCUT2D eigenvalue weighted by atomic mass is 16.7. The van der Waals surface area contributed by atoms with Gasteiger partial charge in [0.2, 0.25) is 5.82 Å². The van der Waals surface area contributed by atoms with Gasteiger partial charge in [0.1, 0.15) is 36.8 Å². The third-order valence-corrected chi connectivity index (χ3v) is 5.62. The number of anilines is 3. The molecule has 0 unspecified atom stereocenters. The largest absolute Gasteiger partial charge is 0.491 e. The van der Waals surface area contributed by atoms with Crippen molar-refractivity contribution in [2.24, 2.45) is 0 Å². The third-order valence-electron chi connectivity index (χ3n) is 5.62. The van der Waals surface area contributed by atoms with Crippen LogP contribution in [0.2, 0.25) is 0 Å². The molecule has 0 saturated carbocycles. The van der Waals surface area contributed by atoms with E-state index in [-0.39, 0.29) is 24.8 Å². The van der Waals surface area contributed by atoms with E-state index in [1.165, 1.54) is 11.1 Å². The van der Waals surface area contributed by atoms with Gasteiger partial charge >= 0.3 is 12.0 Å². The average Bonchev–Trinajstić information content (AvgIpc) is 3.43. The number of aromatic carboxylic acids is 1. The van der Waals surface area contributed by atoms with Crippen molar-refractivity contribution in [1.29, 1.82) is 0 Å². The first-order valence-corrected chi connectivity index (χ1v) is 10.2. The third kappa shape index (κ3) is 3.78. The lowest BCUT2D eigenvalue weighted by Crippen LogP contribution is -2.49. The second kappa shape index (κ2) is 8.20. The predicted octanol–water partition coefficient (Wildman–Crippen LogP) is 1.26. The molecule has 2 N–H and O–H groups in total. The first kappa shape index (κ1) is 20.4. The zero-order valence-electron chi connectivity index (χ0n) is 17.4. The van der Waals surface area contributed by atoms with Gasteiger partial charge in [-0.15, -0.1) is 0 Å². The molecular weight excluding hydrogens is 420 g/mol. The SMILES string of the molecule is Cc1nc(C(=O)O)nc2c1N1CC[C@@H](C1)N2C(=O)Nc1cc(OC[C@H]2COCO2)ccn1. The zero-order valence-corrected chi connectivity index (χ0v) is 17.4. The van der Waals surface area contributed by atoms with E-state index in [4.69, 9.17) is 14.2 Å². The molecule has 2 atom stereocenters. The number of amides is 2. The molecule has 168 valence electrons. The summed E-state index contributed by atoms with van der Waals surface area (Å²) in [5.74, 6) is -0.446. The normalized spacial score (nSPS) is 21.4. The Balaban J connectivity index is 1.37. The molecular formula is C20H22N6O6. The number of hydrogen-bond donors (Lipinski definition) is 2. The van der Waals surface area contributed by atoms with Gasteiger partial charge in [-0.1, -0.05) is 0 Å². The number of urea groups is 1. The molecule has 32 heavy (non-hydrogen) atoms. The number of carboxylic acids is 1. The number of pyridine rings is 1. The molecule has 2 saturated heterocycles.